The molecule has 1 aliphatic rings. The normalized spacial score (nSPS) is 15.3. The highest BCUT2D eigenvalue weighted by Crippen LogP contribution is 2.33. The van der Waals surface area contributed by atoms with Crippen LogP contribution in [0, 0.1) is 0 Å². The van der Waals surface area contributed by atoms with Crippen LogP contribution in [0.3, 0.4) is 0 Å². The van der Waals surface area contributed by atoms with Gasteiger partial charge in [0.25, 0.3) is 0 Å². The number of hydrogen-bond acceptors (Lipinski definition) is 5. The largest absolute Gasteiger partial charge is 0.462 e. The molecular formula is C14H18ClN3O3. The zero-order valence-corrected chi connectivity index (χ0v) is 12.6. The molecule has 1 aromatic carbocycles. The van der Waals surface area contributed by atoms with Crippen LogP contribution in [0.4, 0.5) is 11.4 Å². The van der Waals surface area contributed by atoms with Gasteiger partial charge in [-0.15, -0.1) is 0 Å². The van der Waals surface area contributed by atoms with E-state index in [2.05, 4.69) is 5.32 Å². The van der Waals surface area contributed by atoms with Gasteiger partial charge in [-0.2, -0.15) is 0 Å². The molecule has 7 heteroatoms. The lowest BCUT2D eigenvalue weighted by atomic mass is 10.1. The summed E-state index contributed by atoms with van der Waals surface area (Å²) < 4.78 is 5.05. The number of hydrogen-bond donors (Lipinski definition) is 2. The number of esters is 1. The topological polar surface area (TPSA) is 84.7 Å². The lowest BCUT2D eigenvalue weighted by Gasteiger charge is -2.25. The molecule has 1 saturated heterocycles. The molecule has 114 valence electrons. The standard InChI is InChI=1S/C14H18ClN3O3/c1-2-21-14(20)10-6-9(16)7-11(15)13(10)18-5-3-4-17-12(19)8-18/h6-7H,2-5,8,16H2,1H3,(H,17,19). The van der Waals surface area contributed by atoms with E-state index in [1.165, 1.54) is 6.07 Å². The third-order valence-electron chi connectivity index (χ3n) is 3.16. The van der Waals surface area contributed by atoms with E-state index in [1.807, 2.05) is 0 Å². The Morgan fingerprint density at radius 2 is 2.29 bits per heavy atom. The van der Waals surface area contributed by atoms with Crippen LogP contribution in [0.1, 0.15) is 23.7 Å². The minimum absolute atomic E-state index is 0.102. The molecule has 2 rings (SSSR count). The molecule has 0 atom stereocenters. The van der Waals surface area contributed by atoms with Crippen LogP contribution in [-0.2, 0) is 9.53 Å². The van der Waals surface area contributed by atoms with E-state index >= 15 is 0 Å². The number of rotatable bonds is 3. The molecule has 0 bridgehead atoms. The van der Waals surface area contributed by atoms with Crippen molar-refractivity contribution in [2.75, 3.05) is 36.9 Å². The van der Waals surface area contributed by atoms with Crippen molar-refractivity contribution in [2.45, 2.75) is 13.3 Å². The van der Waals surface area contributed by atoms with Gasteiger partial charge in [0.05, 0.1) is 29.4 Å². The molecule has 3 N–H and O–H groups in total. The lowest BCUT2D eigenvalue weighted by Crippen LogP contribution is -2.34. The van der Waals surface area contributed by atoms with Crippen LogP contribution in [0.2, 0.25) is 5.02 Å². The van der Waals surface area contributed by atoms with E-state index in [0.29, 0.717) is 29.5 Å². The number of nitrogens with zero attached hydrogens (tertiary/aromatic N) is 1. The highest BCUT2D eigenvalue weighted by atomic mass is 35.5. The Labute approximate surface area is 128 Å². The highest BCUT2D eigenvalue weighted by molar-refractivity contribution is 6.34. The van der Waals surface area contributed by atoms with Gasteiger partial charge in [-0.05, 0) is 25.5 Å². The average molecular weight is 312 g/mol. The van der Waals surface area contributed by atoms with Crippen LogP contribution in [-0.4, -0.2) is 38.1 Å². The first-order chi connectivity index (χ1) is 10.0. The summed E-state index contributed by atoms with van der Waals surface area (Å²) in [7, 11) is 0. The molecule has 6 nitrogen and oxygen atoms in total. The zero-order chi connectivity index (χ0) is 15.4. The summed E-state index contributed by atoms with van der Waals surface area (Å²) in [6.07, 6.45) is 0.773. The minimum atomic E-state index is -0.494. The monoisotopic (exact) mass is 311 g/mol. The van der Waals surface area contributed by atoms with Gasteiger partial charge >= 0.3 is 5.97 Å². The summed E-state index contributed by atoms with van der Waals surface area (Å²) in [6, 6.07) is 3.10. The van der Waals surface area contributed by atoms with E-state index in [0.717, 1.165) is 6.42 Å². The SMILES string of the molecule is CCOC(=O)c1cc(N)cc(Cl)c1N1CCCNC(=O)C1. The van der Waals surface area contributed by atoms with E-state index < -0.39 is 5.97 Å². The second-order valence-electron chi connectivity index (χ2n) is 4.74. The molecule has 0 aliphatic carbocycles. The Kier molecular flexibility index (Phi) is 4.90. The fourth-order valence-electron chi connectivity index (χ4n) is 2.30. The van der Waals surface area contributed by atoms with Crippen molar-refractivity contribution >= 4 is 34.9 Å². The van der Waals surface area contributed by atoms with Crippen molar-refractivity contribution in [2.24, 2.45) is 0 Å². The van der Waals surface area contributed by atoms with Crippen molar-refractivity contribution in [3.63, 3.8) is 0 Å². The Morgan fingerprint density at radius 1 is 1.52 bits per heavy atom. The fourth-order valence-corrected chi connectivity index (χ4v) is 2.65. The first kappa shape index (κ1) is 15.4. The summed E-state index contributed by atoms with van der Waals surface area (Å²) in [6.45, 7) is 3.36. The Balaban J connectivity index is 2.45. The molecule has 1 fully saturated rings. The molecule has 0 radical (unpaired) electrons. The van der Waals surface area contributed by atoms with Crippen LogP contribution in [0.15, 0.2) is 12.1 Å². The summed E-state index contributed by atoms with van der Waals surface area (Å²) in [5.41, 5.74) is 6.93. The number of nitrogen functional groups attached to an aromatic ring is 1. The molecule has 1 aliphatic heterocycles. The predicted octanol–water partition coefficient (Wildman–Crippen LogP) is 1.43. The number of ether oxygens (including phenoxy) is 1. The molecule has 1 aromatic rings. The van der Waals surface area contributed by atoms with Crippen molar-refractivity contribution in [3.8, 4) is 0 Å². The number of nitrogens with one attached hydrogen (secondary N) is 1. The Hall–Kier alpha value is -1.95. The van der Waals surface area contributed by atoms with Gasteiger partial charge in [0.1, 0.15) is 0 Å². The Morgan fingerprint density at radius 3 is 3.00 bits per heavy atom. The fraction of sp³-hybridized carbons (Fsp3) is 0.429. The molecule has 21 heavy (non-hydrogen) atoms. The first-order valence-electron chi connectivity index (χ1n) is 6.80. The maximum Gasteiger partial charge on any atom is 0.340 e. The van der Waals surface area contributed by atoms with Crippen molar-refractivity contribution < 1.29 is 14.3 Å². The second kappa shape index (κ2) is 6.67. The number of amides is 1. The molecule has 1 amide bonds. The second-order valence-corrected chi connectivity index (χ2v) is 5.15. The van der Waals surface area contributed by atoms with E-state index in [4.69, 9.17) is 22.1 Å². The molecule has 0 spiro atoms. The van der Waals surface area contributed by atoms with Gasteiger partial charge in [-0.25, -0.2) is 4.79 Å². The lowest BCUT2D eigenvalue weighted by molar-refractivity contribution is -0.119. The van der Waals surface area contributed by atoms with Crippen LogP contribution in [0.5, 0.6) is 0 Å². The van der Waals surface area contributed by atoms with Gasteiger partial charge in [-0.1, -0.05) is 11.6 Å². The summed E-state index contributed by atoms with van der Waals surface area (Å²) in [4.78, 5) is 25.6. The molecular weight excluding hydrogens is 294 g/mol. The van der Waals surface area contributed by atoms with Gasteiger partial charge < -0.3 is 20.7 Å². The number of halogens is 1. The van der Waals surface area contributed by atoms with Gasteiger partial charge in [-0.3, -0.25) is 4.79 Å². The third-order valence-corrected chi connectivity index (χ3v) is 3.45. The number of anilines is 2. The maximum atomic E-state index is 12.1. The number of carbonyl (C=O) groups is 2. The van der Waals surface area contributed by atoms with E-state index in [9.17, 15) is 9.59 Å². The van der Waals surface area contributed by atoms with Crippen molar-refractivity contribution in [3.05, 3.63) is 22.7 Å². The minimum Gasteiger partial charge on any atom is -0.462 e. The quantitative estimate of drug-likeness (QED) is 0.651. The summed E-state index contributed by atoms with van der Waals surface area (Å²) >= 11 is 6.25. The van der Waals surface area contributed by atoms with Crippen molar-refractivity contribution in [1.82, 2.24) is 5.32 Å². The number of benzene rings is 1. The van der Waals surface area contributed by atoms with Crippen LogP contribution >= 0.6 is 11.6 Å². The molecule has 0 aromatic heterocycles. The van der Waals surface area contributed by atoms with Gasteiger partial charge in [0.2, 0.25) is 5.91 Å². The predicted molar refractivity (Wildman–Crippen MR) is 81.7 cm³/mol. The summed E-state index contributed by atoms with van der Waals surface area (Å²) in [5, 5.41) is 3.12. The molecule has 1 heterocycles. The molecule has 0 unspecified atom stereocenters. The maximum absolute atomic E-state index is 12.1. The third kappa shape index (κ3) is 3.58. The van der Waals surface area contributed by atoms with Crippen molar-refractivity contribution in [1.29, 1.82) is 0 Å². The van der Waals surface area contributed by atoms with Gasteiger partial charge in [0, 0.05) is 18.8 Å². The van der Waals surface area contributed by atoms with E-state index in [-0.39, 0.29) is 24.6 Å². The first-order valence-corrected chi connectivity index (χ1v) is 7.18. The van der Waals surface area contributed by atoms with Gasteiger partial charge in [0.15, 0.2) is 0 Å². The average Bonchev–Trinajstić information content (AvgIpc) is 2.62. The Bertz CT molecular complexity index is 563. The summed E-state index contributed by atoms with van der Waals surface area (Å²) in [5.74, 6) is -0.596. The zero-order valence-electron chi connectivity index (χ0n) is 11.8. The van der Waals surface area contributed by atoms with Crippen LogP contribution in [0.25, 0.3) is 0 Å². The number of carbonyl (C=O) groups excluding carboxylic acids is 2. The number of nitrogens with two attached hydrogens (primary N) is 1. The highest BCUT2D eigenvalue weighted by Gasteiger charge is 2.24. The molecule has 0 saturated carbocycles. The van der Waals surface area contributed by atoms with E-state index in [1.54, 1.807) is 17.9 Å². The van der Waals surface area contributed by atoms with Crippen LogP contribution < -0.4 is 16.0 Å². The smallest absolute Gasteiger partial charge is 0.340 e.